The summed E-state index contributed by atoms with van der Waals surface area (Å²) in [5.41, 5.74) is 4.51. The van der Waals surface area contributed by atoms with Gasteiger partial charge >= 0.3 is 6.92 Å². The van der Waals surface area contributed by atoms with Crippen molar-refractivity contribution < 1.29 is 12.1 Å². The second-order valence-electron chi connectivity index (χ2n) is 5.63. The molecule has 0 fully saturated rings. The van der Waals surface area contributed by atoms with Crippen molar-refractivity contribution in [2.75, 3.05) is 0 Å². The molecule has 0 aromatic heterocycles. The Kier molecular flexibility index (Phi) is 3.08. The van der Waals surface area contributed by atoms with Crippen LogP contribution < -0.4 is 10.2 Å². The summed E-state index contributed by atoms with van der Waals surface area (Å²) >= 11 is 0. The van der Waals surface area contributed by atoms with Gasteiger partial charge in [-0.05, 0) is 66.7 Å². The first-order valence-corrected chi connectivity index (χ1v) is 7.23. The van der Waals surface area contributed by atoms with Gasteiger partial charge in [0, 0.05) is 0 Å². The van der Waals surface area contributed by atoms with Crippen LogP contribution in [0.1, 0.15) is 25.0 Å². The number of hydrogen-bond acceptors (Lipinski definition) is 2. The van der Waals surface area contributed by atoms with E-state index in [9.17, 15) is 0 Å². The van der Waals surface area contributed by atoms with Gasteiger partial charge in [0.15, 0.2) is 5.69 Å². The Balaban J connectivity index is 2.05. The molecule has 0 amide bonds. The van der Waals surface area contributed by atoms with Crippen LogP contribution in [-0.4, -0.2) is 6.92 Å². The highest BCUT2D eigenvalue weighted by Gasteiger charge is 2.26. The van der Waals surface area contributed by atoms with Crippen molar-refractivity contribution in [2.45, 2.75) is 34.2 Å². The molecular weight excluding hydrogens is 273 g/mol. The van der Waals surface area contributed by atoms with Gasteiger partial charge in [-0.1, -0.05) is 12.9 Å². The summed E-state index contributed by atoms with van der Waals surface area (Å²) in [6.07, 6.45) is 0. The van der Waals surface area contributed by atoms with Crippen molar-refractivity contribution in [1.82, 2.24) is 0 Å². The van der Waals surface area contributed by atoms with Crippen molar-refractivity contribution in [1.29, 1.82) is 0 Å². The molecule has 0 aliphatic carbocycles. The third-order valence-electron chi connectivity index (χ3n) is 4.06. The van der Waals surface area contributed by atoms with Gasteiger partial charge in [-0.15, -0.1) is 0 Å². The minimum Gasteiger partial charge on any atom is -0.457 e. The van der Waals surface area contributed by atoms with E-state index in [0.29, 0.717) is 22.7 Å². The summed E-state index contributed by atoms with van der Waals surface area (Å²) in [6.45, 7) is 12.6. The molecule has 4 heteroatoms. The minimum absolute atomic E-state index is 0.273. The minimum atomic E-state index is -1.81. The Morgan fingerprint density at radius 2 is 2.00 bits per heavy atom. The van der Waals surface area contributed by atoms with E-state index in [1.807, 2.05) is 51.9 Å². The van der Waals surface area contributed by atoms with E-state index < -0.39 is 6.56 Å². The standard InChI is InChI=1S/C18H18BNO2/c1-11-9-18(12(2)8-16(11)20-5)22-17-7-6-15-14(13(17)3)10-21-19(15)4/h6-9H,10H2,1-4H3/i10D2. The molecule has 3 rings (SSSR count). The fraction of sp³-hybridized carbons (Fsp3) is 0.278. The Hall–Kier alpha value is -2.25. The predicted molar refractivity (Wildman–Crippen MR) is 89.5 cm³/mol. The molecule has 0 spiro atoms. The van der Waals surface area contributed by atoms with Gasteiger partial charge in [-0.25, -0.2) is 4.85 Å². The largest absolute Gasteiger partial charge is 0.457 e. The number of aryl methyl sites for hydroxylation is 2. The van der Waals surface area contributed by atoms with Gasteiger partial charge in [-0.2, -0.15) is 0 Å². The summed E-state index contributed by atoms with van der Waals surface area (Å²) in [7, 11) is 0. The summed E-state index contributed by atoms with van der Waals surface area (Å²) in [5.74, 6) is 1.28. The van der Waals surface area contributed by atoms with E-state index in [2.05, 4.69) is 4.85 Å². The van der Waals surface area contributed by atoms with Gasteiger partial charge in [0.05, 0.1) is 15.9 Å². The lowest BCUT2D eigenvalue weighted by Gasteiger charge is -2.15. The van der Waals surface area contributed by atoms with Crippen LogP contribution in [0.3, 0.4) is 0 Å². The van der Waals surface area contributed by atoms with Crippen LogP contribution in [0.15, 0.2) is 24.3 Å². The first-order chi connectivity index (χ1) is 11.2. The number of fused-ring (bicyclic) bond motifs is 1. The molecule has 0 atom stereocenters. The highest BCUT2D eigenvalue weighted by Crippen LogP contribution is 2.34. The Morgan fingerprint density at radius 1 is 1.23 bits per heavy atom. The first kappa shape index (κ1) is 12.3. The fourth-order valence-corrected chi connectivity index (χ4v) is 2.63. The highest BCUT2D eigenvalue weighted by atomic mass is 16.5. The van der Waals surface area contributed by atoms with Crippen LogP contribution >= 0.6 is 0 Å². The smallest absolute Gasteiger partial charge is 0.324 e. The van der Waals surface area contributed by atoms with Gasteiger partial charge < -0.3 is 9.39 Å². The van der Waals surface area contributed by atoms with Crippen molar-refractivity contribution in [3.05, 3.63) is 57.9 Å². The Morgan fingerprint density at radius 3 is 2.73 bits per heavy atom. The number of rotatable bonds is 2. The molecular formula is C18H18BNO2. The number of ether oxygens (including phenoxy) is 1. The second kappa shape index (κ2) is 5.51. The van der Waals surface area contributed by atoms with E-state index in [0.717, 1.165) is 22.2 Å². The van der Waals surface area contributed by atoms with Crippen LogP contribution in [-0.2, 0) is 11.2 Å². The van der Waals surface area contributed by atoms with Crippen LogP contribution in [0, 0.1) is 27.3 Å². The van der Waals surface area contributed by atoms with Crippen LogP contribution in [0.2, 0.25) is 6.82 Å². The molecule has 0 saturated carbocycles. The third kappa shape index (κ3) is 2.38. The predicted octanol–water partition coefficient (Wildman–Crippen LogP) is 4.31. The fourth-order valence-electron chi connectivity index (χ4n) is 2.63. The lowest BCUT2D eigenvalue weighted by atomic mass is 9.64. The van der Waals surface area contributed by atoms with E-state index in [-0.39, 0.29) is 6.92 Å². The molecule has 0 unspecified atom stereocenters. The lowest BCUT2D eigenvalue weighted by Crippen LogP contribution is -2.24. The van der Waals surface area contributed by atoms with E-state index in [1.165, 1.54) is 0 Å². The monoisotopic (exact) mass is 293 g/mol. The van der Waals surface area contributed by atoms with Crippen LogP contribution in [0.25, 0.3) is 4.85 Å². The molecule has 1 heterocycles. The van der Waals surface area contributed by atoms with Gasteiger partial charge in [0.2, 0.25) is 0 Å². The Labute approximate surface area is 134 Å². The zero-order chi connectivity index (χ0) is 17.6. The maximum atomic E-state index is 8.10. The lowest BCUT2D eigenvalue weighted by molar-refractivity contribution is 0.332. The molecule has 2 aromatic rings. The molecule has 110 valence electrons. The van der Waals surface area contributed by atoms with Crippen LogP contribution in [0.4, 0.5) is 5.69 Å². The number of benzene rings is 2. The van der Waals surface area contributed by atoms with E-state index >= 15 is 0 Å². The molecule has 0 bridgehead atoms. The van der Waals surface area contributed by atoms with Gasteiger partial charge in [0.25, 0.3) is 0 Å². The molecule has 0 N–H and O–H groups in total. The molecule has 2 aromatic carbocycles. The Bertz CT molecular complexity index is 874. The SMILES string of the molecule is [2H]C1([2H])OB(C)c2ccc(Oc3cc(C)c([N+]#[C-])cc3C)c(C)c21. The summed E-state index contributed by atoms with van der Waals surface area (Å²) in [6, 6.07) is 7.38. The maximum absolute atomic E-state index is 8.10. The van der Waals surface area contributed by atoms with Crippen molar-refractivity contribution in [2.24, 2.45) is 0 Å². The van der Waals surface area contributed by atoms with Gasteiger partial charge in [0.1, 0.15) is 11.5 Å². The van der Waals surface area contributed by atoms with Gasteiger partial charge in [-0.3, -0.25) is 0 Å². The topological polar surface area (TPSA) is 22.8 Å². The highest BCUT2D eigenvalue weighted by molar-refractivity contribution is 6.67. The molecule has 3 nitrogen and oxygen atoms in total. The first-order valence-electron chi connectivity index (χ1n) is 8.23. The number of hydrogen-bond donors (Lipinski definition) is 0. The molecule has 1 aliphatic rings. The average molecular weight is 293 g/mol. The van der Waals surface area contributed by atoms with E-state index in [1.54, 1.807) is 0 Å². The van der Waals surface area contributed by atoms with Crippen LogP contribution in [0.5, 0.6) is 11.5 Å². The molecule has 1 aliphatic heterocycles. The maximum Gasteiger partial charge on any atom is 0.324 e. The summed E-state index contributed by atoms with van der Waals surface area (Å²) in [4.78, 5) is 3.50. The third-order valence-corrected chi connectivity index (χ3v) is 4.06. The zero-order valence-corrected chi connectivity index (χ0v) is 13.2. The number of nitrogens with zero attached hydrogens (tertiary/aromatic N) is 1. The average Bonchev–Trinajstić information content (AvgIpc) is 2.74. The normalized spacial score (nSPS) is 16.6. The van der Waals surface area contributed by atoms with E-state index in [4.69, 9.17) is 18.7 Å². The zero-order valence-electron chi connectivity index (χ0n) is 15.2. The van der Waals surface area contributed by atoms with Crippen molar-refractivity contribution in [3.8, 4) is 11.5 Å². The molecule has 0 radical (unpaired) electrons. The molecule has 22 heavy (non-hydrogen) atoms. The van der Waals surface area contributed by atoms with Crippen molar-refractivity contribution in [3.63, 3.8) is 0 Å². The quantitative estimate of drug-likeness (QED) is 0.608. The second-order valence-corrected chi connectivity index (χ2v) is 5.63. The molecule has 0 saturated heterocycles. The van der Waals surface area contributed by atoms with Crippen molar-refractivity contribution >= 4 is 18.1 Å². The summed E-state index contributed by atoms with van der Waals surface area (Å²) < 4.78 is 27.7. The summed E-state index contributed by atoms with van der Waals surface area (Å²) in [5, 5.41) is 0.